The van der Waals surface area contributed by atoms with Crippen LogP contribution in [0.15, 0.2) is 48.6 Å². The number of rotatable bonds is 9. The van der Waals surface area contributed by atoms with Crippen molar-refractivity contribution in [2.45, 2.75) is 76.7 Å². The highest BCUT2D eigenvalue weighted by Gasteiger charge is 2.72. The van der Waals surface area contributed by atoms with Gasteiger partial charge in [-0.05, 0) is 64.8 Å². The molecule has 1 unspecified atom stereocenters. The van der Waals surface area contributed by atoms with Crippen LogP contribution in [0.2, 0.25) is 0 Å². The minimum atomic E-state index is -1.23. The van der Waals surface area contributed by atoms with Gasteiger partial charge in [0.15, 0.2) is 0 Å². The lowest BCUT2D eigenvalue weighted by molar-refractivity contribution is -0.150. The van der Waals surface area contributed by atoms with E-state index in [0.717, 1.165) is 24.3 Å². The molecule has 222 valence electrons. The first kappa shape index (κ1) is 29.3. The van der Waals surface area contributed by atoms with Gasteiger partial charge in [-0.25, -0.2) is 0 Å². The number of amides is 3. The van der Waals surface area contributed by atoms with E-state index in [1.165, 1.54) is 0 Å². The number of aliphatic hydroxyl groups excluding tert-OH is 1. The predicted molar refractivity (Wildman–Crippen MR) is 155 cm³/mol. The highest BCUT2D eigenvalue weighted by molar-refractivity contribution is 6.03. The molecule has 0 radical (unpaired) electrons. The maximum Gasteiger partial charge on any atom is 0.249 e. The van der Waals surface area contributed by atoms with Crippen molar-refractivity contribution in [3.05, 3.63) is 48.6 Å². The molecule has 41 heavy (non-hydrogen) atoms. The van der Waals surface area contributed by atoms with E-state index in [4.69, 9.17) is 14.6 Å². The molecule has 2 fully saturated rings. The van der Waals surface area contributed by atoms with Gasteiger partial charge in [-0.2, -0.15) is 0 Å². The lowest BCUT2D eigenvalue weighted by atomic mass is 9.77. The minimum absolute atomic E-state index is 0.137. The van der Waals surface area contributed by atoms with Crippen LogP contribution >= 0.6 is 0 Å². The van der Waals surface area contributed by atoms with Gasteiger partial charge in [0.2, 0.25) is 17.7 Å². The van der Waals surface area contributed by atoms with Crippen LogP contribution in [0.3, 0.4) is 0 Å². The van der Waals surface area contributed by atoms with Crippen molar-refractivity contribution in [2.24, 2.45) is 11.8 Å². The summed E-state index contributed by atoms with van der Waals surface area (Å²) in [5, 5.41) is 9.17. The number of likely N-dealkylation sites (tertiary alicyclic amines) is 1. The van der Waals surface area contributed by atoms with Crippen LogP contribution in [-0.4, -0.2) is 88.8 Å². The van der Waals surface area contributed by atoms with Crippen molar-refractivity contribution in [2.75, 3.05) is 37.7 Å². The number of fused-ring (bicyclic) bond motifs is 2. The number of ether oxygens (including phenoxy) is 2. The van der Waals surface area contributed by atoms with Crippen molar-refractivity contribution in [3.63, 3.8) is 0 Å². The van der Waals surface area contributed by atoms with Gasteiger partial charge in [0, 0.05) is 37.5 Å². The lowest BCUT2D eigenvalue weighted by Crippen LogP contribution is -2.58. The Kier molecular flexibility index (Phi) is 8.30. The molecule has 9 nitrogen and oxygen atoms in total. The SMILES string of the molecule is CCOc1ccc(N2CC=C[C@H]3O[C@]45C=CCN(C(C)(C)C)C(=O)C4N(CCCCCCO)C(=O)[C@@H]5[C@H]3C2=O)cc1. The molecule has 1 N–H and O–H groups in total. The molecule has 4 heterocycles. The molecule has 5 atom stereocenters. The van der Waals surface area contributed by atoms with Crippen LogP contribution in [0.25, 0.3) is 0 Å². The number of aliphatic hydroxyl groups is 1. The van der Waals surface area contributed by atoms with Gasteiger partial charge in [-0.1, -0.05) is 37.1 Å². The van der Waals surface area contributed by atoms with Crippen molar-refractivity contribution in [1.82, 2.24) is 9.80 Å². The summed E-state index contributed by atoms with van der Waals surface area (Å²) in [5.74, 6) is -1.37. The van der Waals surface area contributed by atoms with Crippen molar-refractivity contribution in [3.8, 4) is 5.75 Å². The predicted octanol–water partition coefficient (Wildman–Crippen LogP) is 3.32. The fourth-order valence-corrected chi connectivity index (χ4v) is 6.85. The lowest BCUT2D eigenvalue weighted by Gasteiger charge is -2.40. The number of carbonyl (C=O) groups excluding carboxylic acids is 3. The van der Waals surface area contributed by atoms with Gasteiger partial charge in [-0.15, -0.1) is 0 Å². The zero-order valence-electron chi connectivity index (χ0n) is 24.6. The molecule has 4 aliphatic heterocycles. The fourth-order valence-electron chi connectivity index (χ4n) is 6.85. The van der Waals surface area contributed by atoms with E-state index in [9.17, 15) is 14.4 Å². The molecule has 0 saturated carbocycles. The summed E-state index contributed by atoms with van der Waals surface area (Å²) >= 11 is 0. The Morgan fingerprint density at radius 1 is 0.976 bits per heavy atom. The zero-order valence-corrected chi connectivity index (χ0v) is 24.6. The Labute approximate surface area is 242 Å². The third-order valence-corrected chi connectivity index (χ3v) is 8.74. The summed E-state index contributed by atoms with van der Waals surface area (Å²) in [6.45, 7) is 9.75. The second-order valence-corrected chi connectivity index (χ2v) is 12.3. The van der Waals surface area contributed by atoms with Gasteiger partial charge in [0.25, 0.3) is 0 Å². The molecule has 5 rings (SSSR count). The molecule has 0 aromatic heterocycles. The first-order valence-corrected chi connectivity index (χ1v) is 14.9. The Balaban J connectivity index is 1.51. The van der Waals surface area contributed by atoms with Crippen LogP contribution in [0.4, 0.5) is 5.69 Å². The second-order valence-electron chi connectivity index (χ2n) is 12.3. The molecule has 3 amide bonds. The second kappa shape index (κ2) is 11.6. The molecule has 1 aromatic carbocycles. The van der Waals surface area contributed by atoms with Gasteiger partial charge < -0.3 is 29.3 Å². The number of nitrogens with zero attached hydrogens (tertiary/aromatic N) is 3. The Morgan fingerprint density at radius 2 is 1.71 bits per heavy atom. The van der Waals surface area contributed by atoms with Gasteiger partial charge in [-0.3, -0.25) is 14.4 Å². The molecule has 0 aliphatic carbocycles. The molecular formula is C32H43N3O6. The molecule has 1 spiro atoms. The maximum atomic E-state index is 14.3. The number of hydrogen-bond acceptors (Lipinski definition) is 6. The molecule has 4 aliphatic rings. The van der Waals surface area contributed by atoms with E-state index >= 15 is 0 Å². The Bertz CT molecular complexity index is 1200. The van der Waals surface area contributed by atoms with Crippen molar-refractivity contribution >= 4 is 23.4 Å². The monoisotopic (exact) mass is 565 g/mol. The van der Waals surface area contributed by atoms with Crippen molar-refractivity contribution < 1.29 is 29.0 Å². The fraction of sp³-hybridized carbons (Fsp3) is 0.594. The number of benzene rings is 1. The topological polar surface area (TPSA) is 99.6 Å². The van der Waals surface area contributed by atoms with Gasteiger partial charge >= 0.3 is 0 Å². The molecule has 9 heteroatoms. The average molecular weight is 566 g/mol. The summed E-state index contributed by atoms with van der Waals surface area (Å²) in [6, 6.07) is 6.55. The van der Waals surface area contributed by atoms with Crippen LogP contribution in [-0.2, 0) is 19.1 Å². The van der Waals surface area contributed by atoms with Gasteiger partial charge in [0.05, 0.1) is 24.5 Å². The van der Waals surface area contributed by atoms with Crippen LogP contribution in [0.5, 0.6) is 5.75 Å². The third kappa shape index (κ3) is 5.18. The summed E-state index contributed by atoms with van der Waals surface area (Å²) < 4.78 is 12.3. The van der Waals surface area contributed by atoms with E-state index in [1.807, 2.05) is 76.3 Å². The minimum Gasteiger partial charge on any atom is -0.494 e. The summed E-state index contributed by atoms with van der Waals surface area (Å²) in [4.78, 5) is 48.1. The third-order valence-electron chi connectivity index (χ3n) is 8.74. The quantitative estimate of drug-likeness (QED) is 0.364. The van der Waals surface area contributed by atoms with Crippen LogP contribution < -0.4 is 9.64 Å². The number of anilines is 1. The first-order valence-electron chi connectivity index (χ1n) is 14.9. The Morgan fingerprint density at radius 3 is 2.39 bits per heavy atom. The summed E-state index contributed by atoms with van der Waals surface area (Å²) in [6.07, 6.45) is 10.1. The van der Waals surface area contributed by atoms with E-state index in [2.05, 4.69) is 0 Å². The van der Waals surface area contributed by atoms with Gasteiger partial charge in [0.1, 0.15) is 17.4 Å². The number of hydrogen-bond donors (Lipinski definition) is 1. The normalized spacial score (nSPS) is 29.4. The van der Waals surface area contributed by atoms with E-state index in [-0.39, 0.29) is 24.3 Å². The highest BCUT2D eigenvalue weighted by Crippen LogP contribution is 2.54. The molecular weight excluding hydrogens is 522 g/mol. The highest BCUT2D eigenvalue weighted by atomic mass is 16.5. The van der Waals surface area contributed by atoms with E-state index < -0.39 is 35.1 Å². The van der Waals surface area contributed by atoms with E-state index in [1.54, 1.807) is 14.7 Å². The smallest absolute Gasteiger partial charge is 0.249 e. The Hall–Kier alpha value is -3.17. The van der Waals surface area contributed by atoms with Crippen molar-refractivity contribution in [1.29, 1.82) is 0 Å². The standard InChI is InChI=1S/C32H43N3O6/c1-5-40-23-15-13-22(14-16-23)33-19-10-12-24-25(28(33)37)26-29(38)34(18-8-6-7-9-21-36)27-30(39)35(31(2,3)4)20-11-17-32(26,27)41-24/h10-17,24-27,36H,5-9,18-21H2,1-4H3/t24-,25+,26+,27?,32+/m1/s1. The van der Waals surface area contributed by atoms with Crippen LogP contribution in [0, 0.1) is 11.8 Å². The number of carbonyl (C=O) groups is 3. The summed E-state index contributed by atoms with van der Waals surface area (Å²) in [7, 11) is 0. The molecule has 1 aromatic rings. The molecule has 0 bridgehead atoms. The maximum absolute atomic E-state index is 14.3. The van der Waals surface area contributed by atoms with Crippen LogP contribution in [0.1, 0.15) is 53.4 Å². The number of unbranched alkanes of at least 4 members (excludes halogenated alkanes) is 3. The zero-order chi connectivity index (χ0) is 29.4. The first-order chi connectivity index (χ1) is 19.6. The summed E-state index contributed by atoms with van der Waals surface area (Å²) in [5.41, 5.74) is -0.959. The molecule has 2 saturated heterocycles. The largest absolute Gasteiger partial charge is 0.494 e. The average Bonchev–Trinajstić information content (AvgIpc) is 3.23. The van der Waals surface area contributed by atoms with E-state index in [0.29, 0.717) is 39.1 Å².